The van der Waals surface area contributed by atoms with Crippen molar-refractivity contribution in [1.29, 1.82) is 0 Å². The van der Waals surface area contributed by atoms with Gasteiger partial charge in [-0.1, -0.05) is 6.07 Å². The smallest absolute Gasteiger partial charge is 0.220 e. The topological polar surface area (TPSA) is 75.6 Å². The molecule has 0 atom stereocenters. The zero-order chi connectivity index (χ0) is 15.0. The highest BCUT2D eigenvalue weighted by molar-refractivity contribution is 5.83. The zero-order valence-electron chi connectivity index (χ0n) is 11.9. The Labute approximate surface area is 118 Å². The summed E-state index contributed by atoms with van der Waals surface area (Å²) in [4.78, 5) is 22.2. The number of nitrogens with one attached hydrogen (secondary N) is 1. The Hall–Kier alpha value is -2.04. The number of hydrogen-bond donors (Lipinski definition) is 2. The van der Waals surface area contributed by atoms with Crippen molar-refractivity contribution < 1.29 is 19.4 Å². The largest absolute Gasteiger partial charge is 0.507 e. The van der Waals surface area contributed by atoms with E-state index in [4.69, 9.17) is 4.74 Å². The van der Waals surface area contributed by atoms with Crippen LogP contribution in [0, 0.1) is 0 Å². The van der Waals surface area contributed by atoms with Gasteiger partial charge in [0.05, 0.1) is 12.2 Å². The Morgan fingerprint density at radius 1 is 1.40 bits per heavy atom. The molecule has 5 heteroatoms. The van der Waals surface area contributed by atoms with Gasteiger partial charge in [-0.05, 0) is 38.8 Å². The van der Waals surface area contributed by atoms with E-state index in [2.05, 4.69) is 5.32 Å². The molecule has 0 heterocycles. The molecule has 0 aliphatic rings. The lowest BCUT2D eigenvalue weighted by Crippen LogP contribution is -2.29. The van der Waals surface area contributed by atoms with Crippen molar-refractivity contribution in [2.75, 3.05) is 6.61 Å². The fraction of sp³-hybridized carbons (Fsp3) is 0.467. The summed E-state index contributed by atoms with van der Waals surface area (Å²) >= 11 is 0. The van der Waals surface area contributed by atoms with Gasteiger partial charge in [-0.3, -0.25) is 9.59 Å². The number of phenols is 1. The predicted octanol–water partition coefficient (Wildman–Crippen LogP) is 2.28. The fourth-order valence-electron chi connectivity index (χ4n) is 1.74. The van der Waals surface area contributed by atoms with Crippen LogP contribution in [0.25, 0.3) is 0 Å². The minimum absolute atomic E-state index is 0.0333. The summed E-state index contributed by atoms with van der Waals surface area (Å²) in [5, 5.41) is 12.3. The van der Waals surface area contributed by atoms with E-state index < -0.39 is 0 Å². The molecule has 1 amide bonds. The molecule has 1 rings (SSSR count). The number of ether oxygens (including phenoxy) is 1. The van der Waals surface area contributed by atoms with Crippen LogP contribution in [0.15, 0.2) is 18.2 Å². The molecule has 0 fully saturated rings. The number of benzene rings is 1. The van der Waals surface area contributed by atoms with Crippen LogP contribution in [0.5, 0.6) is 11.5 Å². The highest BCUT2D eigenvalue weighted by Gasteiger charge is 2.08. The summed E-state index contributed by atoms with van der Waals surface area (Å²) in [6, 6.07) is 4.84. The lowest BCUT2D eigenvalue weighted by molar-refractivity contribution is -0.121. The summed E-state index contributed by atoms with van der Waals surface area (Å²) in [7, 11) is 0. The molecule has 0 bridgehead atoms. The predicted molar refractivity (Wildman–Crippen MR) is 76.1 cm³/mol. The average molecular weight is 279 g/mol. The first-order chi connectivity index (χ1) is 9.54. The lowest BCUT2D eigenvalue weighted by atomic mass is 10.2. The second-order valence-electron chi connectivity index (χ2n) is 4.83. The SMILES string of the molecule is CC(C)NC(=O)CCCCOc1cccc(O)c1C=O. The number of unbranched alkanes of at least 4 members (excludes halogenated alkanes) is 1. The molecule has 1 aromatic rings. The summed E-state index contributed by atoms with van der Waals surface area (Å²) < 4.78 is 5.45. The van der Waals surface area contributed by atoms with Gasteiger partial charge in [0.25, 0.3) is 0 Å². The molecule has 1 aromatic carbocycles. The van der Waals surface area contributed by atoms with E-state index in [0.717, 1.165) is 0 Å². The first kappa shape index (κ1) is 16.0. The zero-order valence-corrected chi connectivity index (χ0v) is 11.9. The van der Waals surface area contributed by atoms with Crippen molar-refractivity contribution in [3.05, 3.63) is 23.8 Å². The number of carbonyl (C=O) groups is 2. The molecule has 0 unspecified atom stereocenters. The maximum atomic E-state index is 11.4. The molecule has 0 radical (unpaired) electrons. The maximum absolute atomic E-state index is 11.4. The second kappa shape index (κ2) is 8.19. The van der Waals surface area contributed by atoms with Crippen LogP contribution in [0.3, 0.4) is 0 Å². The Morgan fingerprint density at radius 3 is 2.80 bits per heavy atom. The Balaban J connectivity index is 2.30. The van der Waals surface area contributed by atoms with Crippen molar-refractivity contribution in [1.82, 2.24) is 5.32 Å². The maximum Gasteiger partial charge on any atom is 0.220 e. The second-order valence-corrected chi connectivity index (χ2v) is 4.83. The Morgan fingerprint density at radius 2 is 2.15 bits per heavy atom. The molecule has 0 spiro atoms. The van der Waals surface area contributed by atoms with Crippen LogP contribution in [0.1, 0.15) is 43.5 Å². The summed E-state index contributed by atoms with van der Waals surface area (Å²) in [5.74, 6) is 0.311. The van der Waals surface area contributed by atoms with Crippen molar-refractivity contribution >= 4 is 12.2 Å². The molecular formula is C15H21NO4. The molecule has 0 saturated carbocycles. The van der Waals surface area contributed by atoms with Gasteiger partial charge in [-0.25, -0.2) is 0 Å². The van der Waals surface area contributed by atoms with Gasteiger partial charge in [0.15, 0.2) is 6.29 Å². The first-order valence-corrected chi connectivity index (χ1v) is 6.74. The van der Waals surface area contributed by atoms with Gasteiger partial charge >= 0.3 is 0 Å². The molecule has 0 aliphatic heterocycles. The Bertz CT molecular complexity index is 457. The monoisotopic (exact) mass is 279 g/mol. The van der Waals surface area contributed by atoms with E-state index in [9.17, 15) is 14.7 Å². The highest BCUT2D eigenvalue weighted by Crippen LogP contribution is 2.25. The quantitative estimate of drug-likeness (QED) is 0.565. The molecule has 0 aliphatic carbocycles. The average Bonchev–Trinajstić information content (AvgIpc) is 2.37. The van der Waals surface area contributed by atoms with Crippen molar-refractivity contribution in [3.63, 3.8) is 0 Å². The third-order valence-corrected chi connectivity index (χ3v) is 2.67. The van der Waals surface area contributed by atoms with Crippen LogP contribution < -0.4 is 10.1 Å². The van der Waals surface area contributed by atoms with Crippen molar-refractivity contribution in [2.24, 2.45) is 0 Å². The van der Waals surface area contributed by atoms with Crippen LogP contribution in [-0.4, -0.2) is 29.9 Å². The molecule has 110 valence electrons. The minimum Gasteiger partial charge on any atom is -0.507 e. The minimum atomic E-state index is -0.0891. The van der Waals surface area contributed by atoms with E-state index >= 15 is 0 Å². The van der Waals surface area contributed by atoms with Crippen molar-refractivity contribution in [2.45, 2.75) is 39.2 Å². The van der Waals surface area contributed by atoms with E-state index in [1.807, 2.05) is 13.8 Å². The van der Waals surface area contributed by atoms with Crippen LogP contribution >= 0.6 is 0 Å². The third kappa shape index (κ3) is 5.30. The third-order valence-electron chi connectivity index (χ3n) is 2.67. The normalized spacial score (nSPS) is 10.3. The van der Waals surface area contributed by atoms with Crippen LogP contribution in [-0.2, 0) is 4.79 Å². The van der Waals surface area contributed by atoms with Gasteiger partial charge in [0.2, 0.25) is 5.91 Å². The van der Waals surface area contributed by atoms with Crippen LogP contribution in [0.2, 0.25) is 0 Å². The van der Waals surface area contributed by atoms with E-state index in [1.54, 1.807) is 12.1 Å². The van der Waals surface area contributed by atoms with E-state index in [-0.39, 0.29) is 23.3 Å². The summed E-state index contributed by atoms with van der Waals surface area (Å²) in [6.45, 7) is 4.24. The van der Waals surface area contributed by atoms with E-state index in [0.29, 0.717) is 37.9 Å². The number of hydrogen-bond acceptors (Lipinski definition) is 4. The van der Waals surface area contributed by atoms with Crippen molar-refractivity contribution in [3.8, 4) is 11.5 Å². The number of phenolic OH excluding ortho intramolecular Hbond substituents is 1. The van der Waals surface area contributed by atoms with Gasteiger partial charge in [-0.15, -0.1) is 0 Å². The number of aldehydes is 1. The van der Waals surface area contributed by atoms with Gasteiger partial charge in [0, 0.05) is 12.5 Å². The number of aromatic hydroxyl groups is 1. The summed E-state index contributed by atoms with van der Waals surface area (Å²) in [6.07, 6.45) is 2.45. The molecule has 5 nitrogen and oxygen atoms in total. The van der Waals surface area contributed by atoms with Gasteiger partial charge in [0.1, 0.15) is 11.5 Å². The number of amides is 1. The summed E-state index contributed by atoms with van der Waals surface area (Å²) in [5.41, 5.74) is 0.157. The highest BCUT2D eigenvalue weighted by atomic mass is 16.5. The number of carbonyl (C=O) groups excluding carboxylic acids is 2. The molecule has 20 heavy (non-hydrogen) atoms. The van der Waals surface area contributed by atoms with Gasteiger partial charge in [-0.2, -0.15) is 0 Å². The first-order valence-electron chi connectivity index (χ1n) is 6.74. The molecular weight excluding hydrogens is 258 g/mol. The molecule has 0 saturated heterocycles. The van der Waals surface area contributed by atoms with E-state index in [1.165, 1.54) is 6.07 Å². The lowest BCUT2D eigenvalue weighted by Gasteiger charge is -2.10. The molecule has 0 aromatic heterocycles. The fourth-order valence-corrected chi connectivity index (χ4v) is 1.74. The van der Waals surface area contributed by atoms with Gasteiger partial charge < -0.3 is 15.2 Å². The van der Waals surface area contributed by atoms with Crippen LogP contribution in [0.4, 0.5) is 0 Å². The number of rotatable bonds is 8. The standard InChI is InChI=1S/C15H21NO4/c1-11(2)16-15(19)8-3-4-9-20-14-7-5-6-13(18)12(14)10-17/h5-7,10-11,18H,3-4,8-9H2,1-2H3,(H,16,19). The molecule has 2 N–H and O–H groups in total. The Kier molecular flexibility index (Phi) is 6.56.